The lowest BCUT2D eigenvalue weighted by Gasteiger charge is -2.28. The second-order valence-corrected chi connectivity index (χ2v) is 7.46. The van der Waals surface area contributed by atoms with E-state index in [2.05, 4.69) is 41.1 Å². The van der Waals surface area contributed by atoms with E-state index in [9.17, 15) is 4.79 Å². The maximum absolute atomic E-state index is 12.9. The number of benzene rings is 1. The predicted molar refractivity (Wildman–Crippen MR) is 111 cm³/mol. The van der Waals surface area contributed by atoms with Crippen LogP contribution in [0.5, 0.6) is 0 Å². The van der Waals surface area contributed by atoms with Crippen LogP contribution in [-0.2, 0) is 22.5 Å². The van der Waals surface area contributed by atoms with E-state index in [0.717, 1.165) is 57.8 Å². The molecule has 1 saturated heterocycles. The normalized spacial score (nSPS) is 14.8. The average Bonchev–Trinajstić information content (AvgIpc) is 2.74. The lowest BCUT2D eigenvalue weighted by molar-refractivity contribution is -0.132. The Labute approximate surface area is 168 Å². The molecule has 0 N–H and O–H groups in total. The van der Waals surface area contributed by atoms with Crippen molar-refractivity contribution in [3.05, 3.63) is 65.5 Å². The number of aryl methyl sites for hydroxylation is 2. The van der Waals surface area contributed by atoms with Crippen LogP contribution in [0.15, 0.2) is 48.8 Å². The van der Waals surface area contributed by atoms with Crippen LogP contribution >= 0.6 is 0 Å². The highest BCUT2D eigenvalue weighted by Gasteiger charge is 2.16. The Morgan fingerprint density at radius 2 is 1.79 bits per heavy atom. The molecule has 2 heterocycles. The number of hydrogen-bond donors (Lipinski definition) is 0. The molecular formula is C23H31N3O2. The molecule has 2 aromatic rings. The first-order valence-electron chi connectivity index (χ1n) is 10.2. The number of hydrogen-bond acceptors (Lipinski definition) is 4. The molecule has 0 bridgehead atoms. The number of amides is 1. The van der Waals surface area contributed by atoms with Gasteiger partial charge in [0.25, 0.3) is 0 Å². The van der Waals surface area contributed by atoms with Crippen molar-refractivity contribution in [2.24, 2.45) is 0 Å². The van der Waals surface area contributed by atoms with Crippen LogP contribution in [-0.4, -0.2) is 60.1 Å². The number of rotatable bonds is 9. The summed E-state index contributed by atoms with van der Waals surface area (Å²) in [5.74, 6) is 0.222. The summed E-state index contributed by atoms with van der Waals surface area (Å²) in [6, 6.07) is 12.4. The van der Waals surface area contributed by atoms with Crippen LogP contribution in [0.2, 0.25) is 0 Å². The second kappa shape index (κ2) is 10.9. The minimum Gasteiger partial charge on any atom is -0.379 e. The highest BCUT2D eigenvalue weighted by atomic mass is 16.5. The summed E-state index contributed by atoms with van der Waals surface area (Å²) in [7, 11) is 0. The van der Waals surface area contributed by atoms with Crippen molar-refractivity contribution in [2.75, 3.05) is 39.4 Å². The van der Waals surface area contributed by atoms with Crippen molar-refractivity contribution < 1.29 is 9.53 Å². The Kier molecular flexibility index (Phi) is 8.00. The standard InChI is InChI=1S/C23H31N3O2/c1-20-3-5-21(6-4-20)7-8-23(27)26(19-22-9-11-24-12-10-22)14-2-13-25-15-17-28-18-16-25/h3-6,9-12H,2,7-8,13-19H2,1H3. The molecule has 150 valence electrons. The number of pyridine rings is 1. The number of morpholine rings is 1. The summed E-state index contributed by atoms with van der Waals surface area (Å²) >= 11 is 0. The summed E-state index contributed by atoms with van der Waals surface area (Å²) in [6.07, 6.45) is 5.90. The fraction of sp³-hybridized carbons (Fsp3) is 0.478. The van der Waals surface area contributed by atoms with Crippen molar-refractivity contribution in [1.82, 2.24) is 14.8 Å². The summed E-state index contributed by atoms with van der Waals surface area (Å²) in [6.45, 7) is 8.15. The van der Waals surface area contributed by atoms with Crippen LogP contribution in [0, 0.1) is 6.92 Å². The molecule has 0 spiro atoms. The lowest BCUT2D eigenvalue weighted by atomic mass is 10.1. The fourth-order valence-electron chi connectivity index (χ4n) is 3.47. The van der Waals surface area contributed by atoms with E-state index in [-0.39, 0.29) is 5.91 Å². The van der Waals surface area contributed by atoms with Gasteiger partial charge in [0, 0.05) is 51.5 Å². The Hall–Kier alpha value is -2.24. The maximum Gasteiger partial charge on any atom is 0.223 e. The molecular weight excluding hydrogens is 350 g/mol. The van der Waals surface area contributed by atoms with Crippen molar-refractivity contribution in [3.63, 3.8) is 0 Å². The van der Waals surface area contributed by atoms with E-state index in [1.165, 1.54) is 11.1 Å². The van der Waals surface area contributed by atoms with Gasteiger partial charge >= 0.3 is 0 Å². The monoisotopic (exact) mass is 381 g/mol. The minimum absolute atomic E-state index is 0.222. The fourth-order valence-corrected chi connectivity index (χ4v) is 3.47. The predicted octanol–water partition coefficient (Wildman–Crippen LogP) is 3.07. The van der Waals surface area contributed by atoms with Gasteiger partial charge in [-0.3, -0.25) is 14.7 Å². The molecule has 5 nitrogen and oxygen atoms in total. The first-order valence-corrected chi connectivity index (χ1v) is 10.2. The van der Waals surface area contributed by atoms with Crippen molar-refractivity contribution in [2.45, 2.75) is 32.7 Å². The van der Waals surface area contributed by atoms with Crippen LogP contribution in [0.1, 0.15) is 29.5 Å². The third-order valence-corrected chi connectivity index (χ3v) is 5.23. The van der Waals surface area contributed by atoms with Gasteiger partial charge in [-0.25, -0.2) is 0 Å². The zero-order valence-corrected chi connectivity index (χ0v) is 16.8. The van der Waals surface area contributed by atoms with Crippen LogP contribution < -0.4 is 0 Å². The number of carbonyl (C=O) groups excluding carboxylic acids is 1. The van der Waals surface area contributed by atoms with Crippen LogP contribution in [0.25, 0.3) is 0 Å². The molecule has 0 atom stereocenters. The third kappa shape index (κ3) is 6.73. The molecule has 0 saturated carbocycles. The Bertz CT molecular complexity index is 712. The topological polar surface area (TPSA) is 45.7 Å². The van der Waals surface area contributed by atoms with E-state index >= 15 is 0 Å². The first kappa shape index (κ1) is 20.5. The molecule has 1 aliphatic heterocycles. The molecule has 0 aliphatic carbocycles. The van der Waals surface area contributed by atoms with Gasteiger partial charge in [-0.2, -0.15) is 0 Å². The molecule has 1 fully saturated rings. The Balaban J connectivity index is 1.54. The molecule has 1 amide bonds. The minimum atomic E-state index is 0.222. The SMILES string of the molecule is Cc1ccc(CCC(=O)N(CCCN2CCOCC2)Cc2ccncc2)cc1. The van der Waals surface area contributed by atoms with Gasteiger partial charge in [-0.05, 0) is 43.0 Å². The summed E-state index contributed by atoms with van der Waals surface area (Å²) < 4.78 is 5.41. The zero-order chi connectivity index (χ0) is 19.6. The molecule has 1 aliphatic rings. The van der Waals surface area contributed by atoms with Gasteiger partial charge in [0.1, 0.15) is 0 Å². The van der Waals surface area contributed by atoms with E-state index in [4.69, 9.17) is 4.74 Å². The van der Waals surface area contributed by atoms with Gasteiger partial charge in [-0.15, -0.1) is 0 Å². The summed E-state index contributed by atoms with van der Waals surface area (Å²) in [5.41, 5.74) is 3.60. The smallest absolute Gasteiger partial charge is 0.223 e. The lowest BCUT2D eigenvalue weighted by Crippen LogP contribution is -2.39. The summed E-state index contributed by atoms with van der Waals surface area (Å²) in [5, 5.41) is 0. The number of aromatic nitrogens is 1. The molecule has 1 aromatic heterocycles. The van der Waals surface area contributed by atoms with Gasteiger partial charge in [0.05, 0.1) is 13.2 Å². The molecule has 28 heavy (non-hydrogen) atoms. The van der Waals surface area contributed by atoms with E-state index in [0.29, 0.717) is 13.0 Å². The number of ether oxygens (including phenoxy) is 1. The van der Waals surface area contributed by atoms with Crippen LogP contribution in [0.4, 0.5) is 0 Å². The van der Waals surface area contributed by atoms with Crippen molar-refractivity contribution in [3.8, 4) is 0 Å². The van der Waals surface area contributed by atoms with Gasteiger partial charge < -0.3 is 9.64 Å². The van der Waals surface area contributed by atoms with Crippen molar-refractivity contribution >= 4 is 5.91 Å². The molecule has 3 rings (SSSR count). The zero-order valence-electron chi connectivity index (χ0n) is 16.8. The van der Waals surface area contributed by atoms with Gasteiger partial charge in [0.2, 0.25) is 5.91 Å². The highest BCUT2D eigenvalue weighted by Crippen LogP contribution is 2.11. The highest BCUT2D eigenvalue weighted by molar-refractivity contribution is 5.76. The van der Waals surface area contributed by atoms with Gasteiger partial charge in [-0.1, -0.05) is 29.8 Å². The molecule has 0 radical (unpaired) electrons. The Morgan fingerprint density at radius 3 is 2.50 bits per heavy atom. The second-order valence-electron chi connectivity index (χ2n) is 7.46. The van der Waals surface area contributed by atoms with Crippen LogP contribution in [0.3, 0.4) is 0 Å². The third-order valence-electron chi connectivity index (χ3n) is 5.23. The molecule has 5 heteroatoms. The first-order chi connectivity index (χ1) is 13.7. The molecule has 1 aromatic carbocycles. The van der Waals surface area contributed by atoms with Crippen molar-refractivity contribution in [1.29, 1.82) is 0 Å². The van der Waals surface area contributed by atoms with Gasteiger partial charge in [0.15, 0.2) is 0 Å². The van der Waals surface area contributed by atoms with E-state index in [1.807, 2.05) is 17.0 Å². The molecule has 0 unspecified atom stereocenters. The van der Waals surface area contributed by atoms with E-state index < -0.39 is 0 Å². The summed E-state index contributed by atoms with van der Waals surface area (Å²) in [4.78, 5) is 21.5. The maximum atomic E-state index is 12.9. The number of nitrogens with zero attached hydrogens (tertiary/aromatic N) is 3. The largest absolute Gasteiger partial charge is 0.379 e. The van der Waals surface area contributed by atoms with E-state index in [1.54, 1.807) is 12.4 Å². The average molecular weight is 382 g/mol. The quantitative estimate of drug-likeness (QED) is 0.670. The Morgan fingerprint density at radius 1 is 1.07 bits per heavy atom. The number of carbonyl (C=O) groups is 1.